The average molecular weight is 384 g/mol. The van der Waals surface area contributed by atoms with Crippen LogP contribution in [0.25, 0.3) is 11.4 Å². The molecule has 2 atom stereocenters. The topological polar surface area (TPSA) is 55.3 Å². The normalized spacial score (nSPS) is 24.3. The molecular formula is C21H22ClN3O2. The molecule has 0 saturated carbocycles. The van der Waals surface area contributed by atoms with Gasteiger partial charge in [0, 0.05) is 28.4 Å². The number of anilines is 1. The van der Waals surface area contributed by atoms with Gasteiger partial charge in [0.15, 0.2) is 5.82 Å². The maximum absolute atomic E-state index is 12.5. The fourth-order valence-electron chi connectivity index (χ4n) is 4.68. The number of fused-ring (bicyclic) bond motifs is 2. The zero-order valence-electron chi connectivity index (χ0n) is 15.2. The van der Waals surface area contributed by atoms with Gasteiger partial charge < -0.3 is 9.64 Å². The lowest BCUT2D eigenvalue weighted by molar-refractivity contribution is -0.150. The molecular weight excluding hydrogens is 362 g/mol. The van der Waals surface area contributed by atoms with Crippen LogP contribution in [0.2, 0.25) is 5.02 Å². The van der Waals surface area contributed by atoms with Gasteiger partial charge in [-0.1, -0.05) is 23.7 Å². The number of aryl methyl sites for hydroxylation is 1. The maximum atomic E-state index is 12.5. The summed E-state index contributed by atoms with van der Waals surface area (Å²) in [6.07, 6.45) is 6.19. The van der Waals surface area contributed by atoms with E-state index in [-0.39, 0.29) is 12.0 Å². The number of rotatable bonds is 2. The number of nitrogens with zero attached hydrogens (tertiary/aromatic N) is 3. The van der Waals surface area contributed by atoms with Crippen LogP contribution >= 0.6 is 11.6 Å². The van der Waals surface area contributed by atoms with Crippen molar-refractivity contribution in [3.05, 3.63) is 40.5 Å². The van der Waals surface area contributed by atoms with Crippen molar-refractivity contribution in [3.8, 4) is 11.4 Å². The van der Waals surface area contributed by atoms with E-state index in [0.29, 0.717) is 23.4 Å². The number of carbonyl (C=O) groups excluding carboxylic acids is 1. The average Bonchev–Trinajstić information content (AvgIpc) is 3.12. The van der Waals surface area contributed by atoms with Crippen LogP contribution in [0.1, 0.15) is 36.9 Å². The molecule has 2 fully saturated rings. The minimum Gasteiger partial charge on any atom is -0.464 e. The molecule has 3 heterocycles. The molecule has 1 aromatic carbocycles. The summed E-state index contributed by atoms with van der Waals surface area (Å²) < 4.78 is 5.38. The Morgan fingerprint density at radius 2 is 2.04 bits per heavy atom. The van der Waals surface area contributed by atoms with Gasteiger partial charge >= 0.3 is 5.97 Å². The summed E-state index contributed by atoms with van der Waals surface area (Å²) in [6.45, 7) is 1.40. The molecule has 0 bridgehead atoms. The van der Waals surface area contributed by atoms with Crippen molar-refractivity contribution >= 4 is 23.4 Å². The van der Waals surface area contributed by atoms with Crippen LogP contribution in [-0.2, 0) is 22.4 Å². The maximum Gasteiger partial charge on any atom is 0.329 e. The molecule has 0 spiro atoms. The Labute approximate surface area is 163 Å². The Morgan fingerprint density at radius 1 is 1.15 bits per heavy atom. The summed E-state index contributed by atoms with van der Waals surface area (Å²) in [5.41, 5.74) is 3.25. The van der Waals surface area contributed by atoms with Gasteiger partial charge in [0.05, 0.1) is 6.61 Å². The first-order valence-electron chi connectivity index (χ1n) is 9.80. The number of aromatic nitrogens is 2. The van der Waals surface area contributed by atoms with Crippen molar-refractivity contribution in [3.63, 3.8) is 0 Å². The number of cyclic esters (lactones) is 1. The quantitative estimate of drug-likeness (QED) is 0.738. The van der Waals surface area contributed by atoms with Crippen LogP contribution in [-0.4, -0.2) is 35.1 Å². The van der Waals surface area contributed by atoms with Gasteiger partial charge in [-0.05, 0) is 56.6 Å². The number of hydrogen-bond acceptors (Lipinski definition) is 5. The highest BCUT2D eigenvalue weighted by Gasteiger charge is 2.44. The second-order valence-electron chi connectivity index (χ2n) is 7.66. The van der Waals surface area contributed by atoms with Crippen LogP contribution in [0.4, 0.5) is 5.82 Å². The monoisotopic (exact) mass is 383 g/mol. The standard InChI is InChI=1S/C21H22ClN3O2/c22-15-5-3-4-14(12-15)19-23-17-7-2-1-6-16(17)20(24-19)25-10-8-13-9-11-27-21(26)18(13)25/h3-5,12-13,18H,1-2,6-11H2/t13-,18-/m1/s1. The van der Waals surface area contributed by atoms with Crippen LogP contribution in [0.15, 0.2) is 24.3 Å². The van der Waals surface area contributed by atoms with Crippen LogP contribution < -0.4 is 4.90 Å². The summed E-state index contributed by atoms with van der Waals surface area (Å²) in [4.78, 5) is 24.5. The van der Waals surface area contributed by atoms with Crippen molar-refractivity contribution in [1.82, 2.24) is 9.97 Å². The molecule has 1 aromatic heterocycles. The van der Waals surface area contributed by atoms with Gasteiger partial charge in [-0.3, -0.25) is 0 Å². The molecule has 140 valence electrons. The molecule has 0 unspecified atom stereocenters. The lowest BCUT2D eigenvalue weighted by Crippen LogP contribution is -2.45. The molecule has 0 N–H and O–H groups in total. The van der Waals surface area contributed by atoms with E-state index in [9.17, 15) is 4.79 Å². The largest absolute Gasteiger partial charge is 0.464 e. The molecule has 5 nitrogen and oxygen atoms in total. The Balaban J connectivity index is 1.62. The second kappa shape index (κ2) is 6.79. The van der Waals surface area contributed by atoms with Gasteiger partial charge in [-0.15, -0.1) is 0 Å². The molecule has 2 aromatic rings. The molecule has 0 radical (unpaired) electrons. The number of carbonyl (C=O) groups is 1. The predicted molar refractivity (Wildman–Crippen MR) is 104 cm³/mol. The Morgan fingerprint density at radius 3 is 2.93 bits per heavy atom. The van der Waals surface area contributed by atoms with Crippen LogP contribution in [0.5, 0.6) is 0 Å². The van der Waals surface area contributed by atoms with E-state index >= 15 is 0 Å². The smallest absolute Gasteiger partial charge is 0.329 e. The first-order chi connectivity index (χ1) is 13.2. The third kappa shape index (κ3) is 2.98. The fourth-order valence-corrected chi connectivity index (χ4v) is 4.87. The Bertz CT molecular complexity index is 901. The fraction of sp³-hybridized carbons (Fsp3) is 0.476. The van der Waals surface area contributed by atoms with Crippen molar-refractivity contribution in [1.29, 1.82) is 0 Å². The first-order valence-corrected chi connectivity index (χ1v) is 10.2. The summed E-state index contributed by atoms with van der Waals surface area (Å²) in [5.74, 6) is 1.90. The van der Waals surface area contributed by atoms with E-state index < -0.39 is 0 Å². The number of ether oxygens (including phenoxy) is 1. The summed E-state index contributed by atoms with van der Waals surface area (Å²) >= 11 is 6.19. The van der Waals surface area contributed by atoms with Crippen LogP contribution in [0.3, 0.4) is 0 Å². The van der Waals surface area contributed by atoms with Crippen molar-refractivity contribution in [2.45, 2.75) is 44.6 Å². The zero-order valence-corrected chi connectivity index (χ0v) is 15.9. The molecule has 3 aliphatic rings. The highest BCUT2D eigenvalue weighted by Crippen LogP contribution is 2.38. The lowest BCUT2D eigenvalue weighted by Gasteiger charge is -2.33. The van der Waals surface area contributed by atoms with Crippen molar-refractivity contribution in [2.75, 3.05) is 18.1 Å². The highest BCUT2D eigenvalue weighted by atomic mass is 35.5. The van der Waals surface area contributed by atoms with E-state index in [1.165, 1.54) is 5.56 Å². The number of benzene rings is 1. The zero-order chi connectivity index (χ0) is 18.4. The lowest BCUT2D eigenvalue weighted by atomic mass is 9.93. The van der Waals surface area contributed by atoms with E-state index in [2.05, 4.69) is 4.90 Å². The summed E-state index contributed by atoms with van der Waals surface area (Å²) in [7, 11) is 0. The van der Waals surface area contributed by atoms with E-state index in [4.69, 9.17) is 26.3 Å². The number of esters is 1. The summed E-state index contributed by atoms with van der Waals surface area (Å²) in [5, 5.41) is 0.674. The van der Waals surface area contributed by atoms with E-state index in [1.54, 1.807) is 0 Å². The molecule has 0 amide bonds. The van der Waals surface area contributed by atoms with Gasteiger partial charge in [0.2, 0.25) is 0 Å². The Kier molecular flexibility index (Phi) is 4.27. The minimum absolute atomic E-state index is 0.101. The molecule has 2 saturated heterocycles. The molecule has 2 aliphatic heterocycles. The van der Waals surface area contributed by atoms with Gasteiger partial charge in [-0.2, -0.15) is 0 Å². The van der Waals surface area contributed by atoms with E-state index in [1.807, 2.05) is 24.3 Å². The summed E-state index contributed by atoms with van der Waals surface area (Å²) in [6, 6.07) is 7.46. The Hall–Kier alpha value is -2.14. The highest BCUT2D eigenvalue weighted by molar-refractivity contribution is 6.30. The van der Waals surface area contributed by atoms with Gasteiger partial charge in [-0.25, -0.2) is 14.8 Å². The number of halogens is 1. The predicted octanol–water partition coefficient (Wildman–Crippen LogP) is 3.82. The van der Waals surface area contributed by atoms with Crippen molar-refractivity contribution < 1.29 is 9.53 Å². The van der Waals surface area contributed by atoms with Gasteiger partial charge in [0.1, 0.15) is 11.9 Å². The van der Waals surface area contributed by atoms with Crippen molar-refractivity contribution in [2.24, 2.45) is 5.92 Å². The van der Waals surface area contributed by atoms with Gasteiger partial charge in [0.25, 0.3) is 0 Å². The molecule has 1 aliphatic carbocycles. The molecule has 6 heteroatoms. The number of hydrogen-bond donors (Lipinski definition) is 0. The molecule has 27 heavy (non-hydrogen) atoms. The van der Waals surface area contributed by atoms with Crippen LogP contribution in [0, 0.1) is 5.92 Å². The third-order valence-corrected chi connectivity index (χ3v) is 6.25. The minimum atomic E-state index is -0.202. The second-order valence-corrected chi connectivity index (χ2v) is 8.09. The third-order valence-electron chi connectivity index (χ3n) is 6.01. The molecule has 5 rings (SSSR count). The van der Waals surface area contributed by atoms with E-state index in [0.717, 1.165) is 62.1 Å². The SMILES string of the molecule is O=C1OCC[C@H]2CCN(c3nc(-c4cccc(Cl)c4)nc4c3CCCC4)[C@@H]12. The first kappa shape index (κ1) is 17.0.